The molecule has 1 heteroatoms. The molecule has 0 aliphatic carbocycles. The van der Waals surface area contributed by atoms with Crippen LogP contribution in [-0.4, -0.2) is 18.5 Å². The first-order valence-corrected chi connectivity index (χ1v) is 6.21. The van der Waals surface area contributed by atoms with Crippen LogP contribution in [0, 0.1) is 0 Å². The summed E-state index contributed by atoms with van der Waals surface area (Å²) in [4.78, 5) is 2.38. The molecule has 0 spiro atoms. The van der Waals surface area contributed by atoms with Gasteiger partial charge in [-0.15, -0.1) is 0 Å². The maximum Gasteiger partial charge on any atom is 0.0230 e. The Morgan fingerprint density at radius 1 is 1.19 bits per heavy atom. The van der Waals surface area contributed by atoms with E-state index in [-0.39, 0.29) is 5.41 Å². The third-order valence-electron chi connectivity index (χ3n) is 2.85. The van der Waals surface area contributed by atoms with Crippen LogP contribution in [0.15, 0.2) is 24.3 Å². The van der Waals surface area contributed by atoms with Gasteiger partial charge >= 0.3 is 0 Å². The van der Waals surface area contributed by atoms with Gasteiger partial charge in [0.2, 0.25) is 0 Å². The molecule has 0 aliphatic heterocycles. The molecule has 1 rings (SSSR count). The average molecular weight is 219 g/mol. The Morgan fingerprint density at radius 2 is 1.88 bits per heavy atom. The molecule has 0 saturated heterocycles. The Kier molecular flexibility index (Phi) is 4.55. The van der Waals surface area contributed by atoms with Crippen LogP contribution in [0.3, 0.4) is 0 Å². The first-order valence-electron chi connectivity index (χ1n) is 6.21. The fourth-order valence-electron chi connectivity index (χ4n) is 1.91. The highest BCUT2D eigenvalue weighted by Crippen LogP contribution is 2.23. The molecule has 0 N–H and O–H groups in total. The van der Waals surface area contributed by atoms with Gasteiger partial charge in [0.15, 0.2) is 0 Å². The van der Waals surface area contributed by atoms with Crippen molar-refractivity contribution in [1.29, 1.82) is 0 Å². The molecule has 1 nitrogen and oxygen atoms in total. The molecule has 0 fully saturated rings. The number of nitrogens with zero attached hydrogens (tertiary/aromatic N) is 1. The van der Waals surface area contributed by atoms with E-state index in [1.165, 1.54) is 24.1 Å². The van der Waals surface area contributed by atoms with Gasteiger partial charge in [-0.2, -0.15) is 0 Å². The lowest BCUT2D eigenvalue weighted by molar-refractivity contribution is 0.327. The zero-order valence-corrected chi connectivity index (χ0v) is 11.4. The van der Waals surface area contributed by atoms with E-state index in [0.29, 0.717) is 0 Å². The van der Waals surface area contributed by atoms with Crippen LogP contribution in [-0.2, 0) is 12.0 Å². The summed E-state index contributed by atoms with van der Waals surface area (Å²) < 4.78 is 0. The van der Waals surface area contributed by atoms with Crippen molar-refractivity contribution in [1.82, 2.24) is 4.90 Å². The Balaban J connectivity index is 2.75. The molecule has 0 saturated carbocycles. The van der Waals surface area contributed by atoms with Crippen LogP contribution in [0.2, 0.25) is 0 Å². The van der Waals surface area contributed by atoms with E-state index in [1.807, 2.05) is 0 Å². The third-order valence-corrected chi connectivity index (χ3v) is 2.85. The van der Waals surface area contributed by atoms with Gasteiger partial charge in [-0.1, -0.05) is 52.0 Å². The molecule has 0 bridgehead atoms. The highest BCUT2D eigenvalue weighted by atomic mass is 15.1. The van der Waals surface area contributed by atoms with Gasteiger partial charge in [0, 0.05) is 6.54 Å². The molecule has 1 aromatic rings. The van der Waals surface area contributed by atoms with Gasteiger partial charge in [-0.05, 0) is 36.6 Å². The fraction of sp³-hybridized carbons (Fsp3) is 0.600. The van der Waals surface area contributed by atoms with Crippen molar-refractivity contribution in [2.75, 3.05) is 13.6 Å². The van der Waals surface area contributed by atoms with E-state index in [2.05, 4.69) is 63.9 Å². The lowest BCUT2D eigenvalue weighted by Crippen LogP contribution is -2.19. The van der Waals surface area contributed by atoms with Crippen molar-refractivity contribution in [2.45, 2.75) is 46.1 Å². The van der Waals surface area contributed by atoms with Crippen molar-refractivity contribution in [3.05, 3.63) is 35.4 Å². The minimum Gasteiger partial charge on any atom is -0.302 e. The minimum absolute atomic E-state index is 0.249. The smallest absolute Gasteiger partial charge is 0.0230 e. The summed E-state index contributed by atoms with van der Waals surface area (Å²) in [5, 5.41) is 0. The monoisotopic (exact) mass is 219 g/mol. The SMILES string of the molecule is CCCN(C)Cc1cccc(C(C)(C)C)c1. The van der Waals surface area contributed by atoms with E-state index in [9.17, 15) is 0 Å². The van der Waals surface area contributed by atoms with Crippen LogP contribution in [0.4, 0.5) is 0 Å². The van der Waals surface area contributed by atoms with E-state index in [4.69, 9.17) is 0 Å². The van der Waals surface area contributed by atoms with Gasteiger partial charge < -0.3 is 4.90 Å². The Labute approximate surface area is 100 Å². The lowest BCUT2D eigenvalue weighted by Gasteiger charge is -2.21. The molecule has 0 atom stereocenters. The van der Waals surface area contributed by atoms with Gasteiger partial charge in [-0.3, -0.25) is 0 Å². The molecule has 1 aromatic carbocycles. The van der Waals surface area contributed by atoms with E-state index in [0.717, 1.165) is 6.54 Å². The first-order chi connectivity index (χ1) is 7.43. The summed E-state index contributed by atoms with van der Waals surface area (Å²) in [7, 11) is 2.19. The molecule has 0 amide bonds. The Morgan fingerprint density at radius 3 is 2.44 bits per heavy atom. The van der Waals surface area contributed by atoms with Gasteiger partial charge in [0.25, 0.3) is 0 Å². The molecule has 90 valence electrons. The van der Waals surface area contributed by atoms with Crippen LogP contribution >= 0.6 is 0 Å². The van der Waals surface area contributed by atoms with E-state index < -0.39 is 0 Å². The molecular formula is C15H25N. The molecule has 0 radical (unpaired) electrons. The van der Waals surface area contributed by atoms with Crippen molar-refractivity contribution < 1.29 is 0 Å². The normalized spacial score (nSPS) is 12.1. The lowest BCUT2D eigenvalue weighted by atomic mass is 9.86. The van der Waals surface area contributed by atoms with Crippen LogP contribution in [0.5, 0.6) is 0 Å². The zero-order chi connectivity index (χ0) is 12.2. The van der Waals surface area contributed by atoms with Crippen molar-refractivity contribution >= 4 is 0 Å². The van der Waals surface area contributed by atoms with Gasteiger partial charge in [-0.25, -0.2) is 0 Å². The van der Waals surface area contributed by atoms with Crippen LogP contribution in [0.1, 0.15) is 45.2 Å². The summed E-state index contributed by atoms with van der Waals surface area (Å²) in [6.07, 6.45) is 1.22. The minimum atomic E-state index is 0.249. The molecule has 16 heavy (non-hydrogen) atoms. The fourth-order valence-corrected chi connectivity index (χ4v) is 1.91. The number of rotatable bonds is 4. The van der Waals surface area contributed by atoms with Crippen LogP contribution < -0.4 is 0 Å². The average Bonchev–Trinajstić information content (AvgIpc) is 2.17. The maximum atomic E-state index is 2.38. The quantitative estimate of drug-likeness (QED) is 0.744. The topological polar surface area (TPSA) is 3.24 Å². The summed E-state index contributed by atoms with van der Waals surface area (Å²) >= 11 is 0. The zero-order valence-electron chi connectivity index (χ0n) is 11.4. The molecule has 0 unspecified atom stereocenters. The van der Waals surface area contributed by atoms with Crippen molar-refractivity contribution in [2.24, 2.45) is 0 Å². The Bertz CT molecular complexity index is 322. The second-order valence-electron chi connectivity index (χ2n) is 5.69. The highest BCUT2D eigenvalue weighted by Gasteiger charge is 2.13. The largest absolute Gasteiger partial charge is 0.302 e. The number of hydrogen-bond donors (Lipinski definition) is 0. The Hall–Kier alpha value is -0.820. The first kappa shape index (κ1) is 13.2. The van der Waals surface area contributed by atoms with Crippen molar-refractivity contribution in [3.63, 3.8) is 0 Å². The highest BCUT2D eigenvalue weighted by molar-refractivity contribution is 5.28. The maximum absolute atomic E-state index is 2.38. The predicted molar refractivity (Wildman–Crippen MR) is 71.8 cm³/mol. The summed E-state index contributed by atoms with van der Waals surface area (Å²) in [5.74, 6) is 0. The number of benzene rings is 1. The van der Waals surface area contributed by atoms with E-state index >= 15 is 0 Å². The predicted octanol–water partition coefficient (Wildman–Crippen LogP) is 3.83. The second-order valence-corrected chi connectivity index (χ2v) is 5.69. The van der Waals surface area contributed by atoms with Gasteiger partial charge in [0.05, 0.1) is 0 Å². The summed E-state index contributed by atoms with van der Waals surface area (Å²) in [6, 6.07) is 8.96. The van der Waals surface area contributed by atoms with Crippen LogP contribution in [0.25, 0.3) is 0 Å². The summed E-state index contributed by atoms with van der Waals surface area (Å²) in [5.41, 5.74) is 3.09. The number of hydrogen-bond acceptors (Lipinski definition) is 1. The molecular weight excluding hydrogens is 194 g/mol. The summed E-state index contributed by atoms with van der Waals surface area (Å²) in [6.45, 7) is 11.2. The third kappa shape index (κ3) is 3.97. The second kappa shape index (κ2) is 5.49. The molecule has 0 heterocycles. The van der Waals surface area contributed by atoms with E-state index in [1.54, 1.807) is 0 Å². The molecule has 0 aromatic heterocycles. The van der Waals surface area contributed by atoms with Crippen molar-refractivity contribution in [3.8, 4) is 0 Å². The standard InChI is InChI=1S/C15H25N/c1-6-10-16(5)12-13-8-7-9-14(11-13)15(2,3)4/h7-9,11H,6,10,12H2,1-5H3. The molecule has 0 aliphatic rings. The van der Waals surface area contributed by atoms with Gasteiger partial charge in [0.1, 0.15) is 0 Å².